The molecule has 0 N–H and O–H groups in total. The van der Waals surface area contributed by atoms with Crippen molar-refractivity contribution >= 4 is 41.0 Å². The van der Waals surface area contributed by atoms with E-state index in [1.165, 1.54) is 24.3 Å². The summed E-state index contributed by atoms with van der Waals surface area (Å²) < 4.78 is 4.34. The van der Waals surface area contributed by atoms with Crippen LogP contribution in [0.5, 0.6) is 0 Å². The predicted octanol–water partition coefficient (Wildman–Crippen LogP) is 2.82. The van der Waals surface area contributed by atoms with E-state index < -0.39 is 22.1 Å². The third kappa shape index (κ3) is 2.86. The van der Waals surface area contributed by atoms with Crippen molar-refractivity contribution in [3.05, 3.63) is 47.5 Å². The van der Waals surface area contributed by atoms with Crippen LogP contribution in [-0.2, 0) is 4.74 Å². The second-order valence-electron chi connectivity index (χ2n) is 5.53. The average Bonchev–Trinajstić information content (AvgIpc) is 3.07. The van der Waals surface area contributed by atoms with Gasteiger partial charge in [0, 0.05) is 12.5 Å². The van der Waals surface area contributed by atoms with Crippen LogP contribution in [0.15, 0.2) is 30.9 Å². The Bertz CT molecular complexity index is 729. The zero-order valence-electron chi connectivity index (χ0n) is 12.1. The Balaban J connectivity index is 1.74. The van der Waals surface area contributed by atoms with Gasteiger partial charge >= 0.3 is 5.97 Å². The van der Waals surface area contributed by atoms with E-state index in [1.54, 1.807) is 0 Å². The maximum absolute atomic E-state index is 12.2. The molecule has 0 spiro atoms. The number of hydrogen-bond acceptors (Lipinski definition) is 4. The number of nitrogens with zero attached hydrogens (tertiary/aromatic N) is 1. The first kappa shape index (κ1) is 16.0. The maximum atomic E-state index is 12.2. The fourth-order valence-electron chi connectivity index (χ4n) is 2.42. The number of imide groups is 1. The van der Waals surface area contributed by atoms with Crippen LogP contribution in [0.1, 0.15) is 37.5 Å². The third-order valence-electron chi connectivity index (χ3n) is 3.89. The van der Waals surface area contributed by atoms with E-state index in [0.29, 0.717) is 6.42 Å². The lowest BCUT2D eigenvalue weighted by Gasteiger charge is -2.09. The molecule has 2 aliphatic rings. The second kappa shape index (κ2) is 5.65. The lowest BCUT2D eigenvalue weighted by Crippen LogP contribution is -2.29. The van der Waals surface area contributed by atoms with Crippen LogP contribution in [0.3, 0.4) is 0 Å². The molecule has 23 heavy (non-hydrogen) atoms. The normalized spacial score (nSPS) is 21.1. The van der Waals surface area contributed by atoms with Gasteiger partial charge in [0.15, 0.2) is 0 Å². The fourth-order valence-corrected chi connectivity index (χ4v) is 2.92. The summed E-state index contributed by atoms with van der Waals surface area (Å²) in [5, 5.41) is 0. The van der Waals surface area contributed by atoms with Crippen LogP contribution >= 0.6 is 23.2 Å². The number of carbonyl (C=O) groups excluding carboxylic acids is 3. The van der Waals surface area contributed by atoms with Gasteiger partial charge in [0.25, 0.3) is 11.8 Å². The van der Waals surface area contributed by atoms with E-state index in [9.17, 15) is 14.4 Å². The first-order valence-electron chi connectivity index (χ1n) is 7.01. The van der Waals surface area contributed by atoms with Crippen LogP contribution in [0.25, 0.3) is 0 Å². The molecule has 1 fully saturated rings. The third-order valence-corrected chi connectivity index (χ3v) is 4.82. The minimum Gasteiger partial charge on any atom is -0.462 e. The van der Waals surface area contributed by atoms with Crippen LogP contribution in [-0.4, -0.2) is 40.2 Å². The van der Waals surface area contributed by atoms with Gasteiger partial charge in [-0.2, -0.15) is 0 Å². The maximum Gasteiger partial charge on any atom is 0.338 e. The van der Waals surface area contributed by atoms with E-state index in [1.807, 2.05) is 0 Å². The molecule has 2 amide bonds. The number of hydrogen-bond donors (Lipinski definition) is 0. The summed E-state index contributed by atoms with van der Waals surface area (Å²) in [5.74, 6) is -1.49. The van der Waals surface area contributed by atoms with Crippen molar-refractivity contribution in [2.24, 2.45) is 5.92 Å². The number of halogens is 2. The Kier molecular flexibility index (Phi) is 3.94. The molecule has 1 aliphatic heterocycles. The summed E-state index contributed by atoms with van der Waals surface area (Å²) in [6, 6.07) is 4.30. The number of alkyl halides is 2. The van der Waals surface area contributed by atoms with Crippen molar-refractivity contribution in [2.75, 3.05) is 13.2 Å². The van der Waals surface area contributed by atoms with Gasteiger partial charge < -0.3 is 4.74 Å². The van der Waals surface area contributed by atoms with Crippen molar-refractivity contribution in [3.8, 4) is 0 Å². The standard InChI is InChI=1S/C16H13Cl2NO4/c1-2-5-19-13(20)11-4-3-9(6-12(11)14(19)21)15(22)23-8-10-7-16(10,17)18/h2-4,6,10H,1,5,7-8H2/t10-/m1/s1. The van der Waals surface area contributed by atoms with E-state index in [0.717, 1.165) is 4.90 Å². The number of amides is 2. The van der Waals surface area contributed by atoms with E-state index in [-0.39, 0.29) is 35.8 Å². The first-order chi connectivity index (χ1) is 10.8. The van der Waals surface area contributed by atoms with Gasteiger partial charge in [0.05, 0.1) is 23.3 Å². The van der Waals surface area contributed by atoms with E-state index in [4.69, 9.17) is 27.9 Å². The molecule has 7 heteroatoms. The Hall–Kier alpha value is -1.85. The Morgan fingerprint density at radius 1 is 1.35 bits per heavy atom. The van der Waals surface area contributed by atoms with Crippen molar-refractivity contribution in [1.29, 1.82) is 0 Å². The molecule has 0 radical (unpaired) electrons. The number of ether oxygens (including phenoxy) is 1. The summed E-state index contributed by atoms with van der Waals surface area (Å²) in [6.45, 7) is 3.77. The van der Waals surface area contributed by atoms with Crippen molar-refractivity contribution in [3.63, 3.8) is 0 Å². The second-order valence-corrected chi connectivity index (χ2v) is 7.07. The molecule has 120 valence electrons. The van der Waals surface area contributed by atoms with Gasteiger partial charge in [-0.3, -0.25) is 14.5 Å². The minimum absolute atomic E-state index is 0.0736. The summed E-state index contributed by atoms with van der Waals surface area (Å²) >= 11 is 11.7. The van der Waals surface area contributed by atoms with Gasteiger partial charge in [-0.15, -0.1) is 29.8 Å². The summed E-state index contributed by atoms with van der Waals surface area (Å²) in [7, 11) is 0. The molecule has 0 bridgehead atoms. The number of fused-ring (bicyclic) bond motifs is 1. The number of benzene rings is 1. The molecule has 3 rings (SSSR count). The number of carbonyl (C=O) groups is 3. The smallest absolute Gasteiger partial charge is 0.338 e. The zero-order chi connectivity index (χ0) is 16.8. The molecule has 0 saturated heterocycles. The Morgan fingerprint density at radius 2 is 2.00 bits per heavy atom. The van der Waals surface area contributed by atoms with Gasteiger partial charge in [-0.25, -0.2) is 4.79 Å². The molecule has 1 saturated carbocycles. The lowest BCUT2D eigenvalue weighted by molar-refractivity contribution is 0.0485. The largest absolute Gasteiger partial charge is 0.462 e. The van der Waals surface area contributed by atoms with Gasteiger partial charge in [-0.05, 0) is 24.6 Å². The average molecular weight is 354 g/mol. The quantitative estimate of drug-likeness (QED) is 0.353. The van der Waals surface area contributed by atoms with Crippen LogP contribution in [0, 0.1) is 5.92 Å². The molecule has 1 aliphatic carbocycles. The molecule has 1 heterocycles. The SMILES string of the molecule is C=CCN1C(=O)c2ccc(C(=O)OC[C@H]3CC3(Cl)Cl)cc2C1=O. The zero-order valence-corrected chi connectivity index (χ0v) is 13.6. The molecule has 0 unspecified atom stereocenters. The molecular weight excluding hydrogens is 341 g/mol. The van der Waals surface area contributed by atoms with Gasteiger partial charge in [0.1, 0.15) is 4.33 Å². The summed E-state index contributed by atoms with van der Waals surface area (Å²) in [6.07, 6.45) is 2.05. The molecule has 0 aromatic heterocycles. The van der Waals surface area contributed by atoms with Gasteiger partial charge in [0.2, 0.25) is 0 Å². The monoisotopic (exact) mass is 353 g/mol. The lowest BCUT2D eigenvalue weighted by atomic mass is 10.1. The first-order valence-corrected chi connectivity index (χ1v) is 7.77. The van der Waals surface area contributed by atoms with Crippen molar-refractivity contribution in [2.45, 2.75) is 10.8 Å². The highest BCUT2D eigenvalue weighted by Gasteiger charge is 2.52. The Labute approximate surface area is 142 Å². The number of esters is 1. The van der Waals surface area contributed by atoms with Crippen molar-refractivity contribution < 1.29 is 19.1 Å². The van der Waals surface area contributed by atoms with E-state index >= 15 is 0 Å². The Morgan fingerprint density at radius 3 is 2.61 bits per heavy atom. The topological polar surface area (TPSA) is 63.7 Å². The predicted molar refractivity (Wildman–Crippen MR) is 84.8 cm³/mol. The van der Waals surface area contributed by atoms with Gasteiger partial charge in [-0.1, -0.05) is 6.08 Å². The van der Waals surface area contributed by atoms with Crippen LogP contribution < -0.4 is 0 Å². The molecule has 5 nitrogen and oxygen atoms in total. The highest BCUT2D eigenvalue weighted by molar-refractivity contribution is 6.50. The van der Waals surface area contributed by atoms with Crippen molar-refractivity contribution in [1.82, 2.24) is 4.90 Å². The highest BCUT2D eigenvalue weighted by atomic mass is 35.5. The number of rotatable bonds is 5. The highest BCUT2D eigenvalue weighted by Crippen LogP contribution is 2.53. The molecule has 1 aromatic rings. The van der Waals surface area contributed by atoms with E-state index in [2.05, 4.69) is 6.58 Å². The minimum atomic E-state index is -0.814. The molecule has 1 aromatic carbocycles. The van der Waals surface area contributed by atoms with Crippen LogP contribution in [0.4, 0.5) is 0 Å². The molecule has 1 atom stereocenters. The van der Waals surface area contributed by atoms with Crippen LogP contribution in [0.2, 0.25) is 0 Å². The fraction of sp³-hybridized carbons (Fsp3) is 0.312. The summed E-state index contributed by atoms with van der Waals surface area (Å²) in [5.41, 5.74) is 0.679. The molecular formula is C16H13Cl2NO4. The summed E-state index contributed by atoms with van der Waals surface area (Å²) in [4.78, 5) is 37.4.